The van der Waals surface area contributed by atoms with Crippen LogP contribution in [0.1, 0.15) is 48.5 Å². The molecule has 1 aromatic rings. The summed E-state index contributed by atoms with van der Waals surface area (Å²) in [6, 6.07) is 1.37. The number of hydrogen-bond acceptors (Lipinski definition) is 2. The van der Waals surface area contributed by atoms with Gasteiger partial charge in [-0.05, 0) is 43.0 Å². The Kier molecular flexibility index (Phi) is 5.12. The topological polar surface area (TPSA) is 46.5 Å². The minimum Gasteiger partial charge on any atom is -0.481 e. The van der Waals surface area contributed by atoms with Gasteiger partial charge in [0.1, 0.15) is 0 Å². The molecule has 9 heteroatoms. The van der Waals surface area contributed by atoms with Crippen molar-refractivity contribution in [2.45, 2.75) is 50.2 Å². The largest absolute Gasteiger partial charge is 0.481 e. The number of benzene rings is 1. The molecule has 1 aliphatic heterocycles. The Morgan fingerprint density at radius 2 is 1.58 bits per heavy atom. The zero-order valence-corrected chi connectivity index (χ0v) is 12.2. The van der Waals surface area contributed by atoms with Crippen LogP contribution in [0.25, 0.3) is 0 Å². The van der Waals surface area contributed by atoms with Gasteiger partial charge in [0, 0.05) is 6.42 Å². The molecule has 1 aliphatic rings. The van der Waals surface area contributed by atoms with E-state index in [1.807, 2.05) is 0 Å². The van der Waals surface area contributed by atoms with Crippen molar-refractivity contribution in [3.63, 3.8) is 0 Å². The molecule has 134 valence electrons. The van der Waals surface area contributed by atoms with Crippen molar-refractivity contribution in [1.82, 2.24) is 0 Å². The molecule has 2 atom stereocenters. The van der Waals surface area contributed by atoms with Gasteiger partial charge in [0.15, 0.2) is 0 Å². The summed E-state index contributed by atoms with van der Waals surface area (Å²) in [5.74, 6) is -1.04. The highest BCUT2D eigenvalue weighted by Crippen LogP contribution is 2.41. The second-order valence-electron chi connectivity index (χ2n) is 5.60. The van der Waals surface area contributed by atoms with E-state index in [0.29, 0.717) is 18.6 Å². The average Bonchev–Trinajstić information content (AvgIpc) is 2.91. The monoisotopic (exact) mass is 356 g/mol. The zero-order valence-electron chi connectivity index (χ0n) is 12.2. The van der Waals surface area contributed by atoms with Crippen molar-refractivity contribution in [3.8, 4) is 0 Å². The maximum absolute atomic E-state index is 12.8. The molecule has 0 radical (unpaired) electrons. The Bertz CT molecular complexity index is 576. The standard InChI is InChI=1S/C15H14F6O3/c16-14(17,18)9-5-8(6-10(7-9)15(19,20)21)12-3-1-11(24-12)2-4-13(22)23/h5-7,11-12H,1-4H2,(H,22,23). The summed E-state index contributed by atoms with van der Waals surface area (Å²) < 4.78 is 82.5. The van der Waals surface area contributed by atoms with Crippen molar-refractivity contribution in [1.29, 1.82) is 0 Å². The van der Waals surface area contributed by atoms with Gasteiger partial charge in [-0.15, -0.1) is 0 Å². The highest BCUT2D eigenvalue weighted by molar-refractivity contribution is 5.66. The van der Waals surface area contributed by atoms with E-state index in [1.54, 1.807) is 0 Å². The fourth-order valence-corrected chi connectivity index (χ4v) is 2.61. The lowest BCUT2D eigenvalue weighted by molar-refractivity contribution is -0.143. The summed E-state index contributed by atoms with van der Waals surface area (Å²) in [5.41, 5.74) is -2.97. The predicted molar refractivity (Wildman–Crippen MR) is 70.2 cm³/mol. The van der Waals surface area contributed by atoms with Crippen molar-refractivity contribution >= 4 is 5.97 Å². The molecule has 3 nitrogen and oxygen atoms in total. The number of rotatable bonds is 4. The molecule has 1 saturated heterocycles. The van der Waals surface area contributed by atoms with Crippen molar-refractivity contribution < 1.29 is 41.0 Å². The van der Waals surface area contributed by atoms with Crippen LogP contribution in [0.15, 0.2) is 18.2 Å². The molecule has 1 N–H and O–H groups in total. The first-order valence-corrected chi connectivity index (χ1v) is 7.13. The van der Waals surface area contributed by atoms with Gasteiger partial charge in [-0.25, -0.2) is 0 Å². The summed E-state index contributed by atoms with van der Waals surface area (Å²) >= 11 is 0. The second-order valence-corrected chi connectivity index (χ2v) is 5.60. The van der Waals surface area contributed by atoms with Crippen molar-refractivity contribution in [2.75, 3.05) is 0 Å². The number of ether oxygens (including phenoxy) is 1. The van der Waals surface area contributed by atoms with E-state index >= 15 is 0 Å². The smallest absolute Gasteiger partial charge is 0.416 e. The quantitative estimate of drug-likeness (QED) is 0.788. The first kappa shape index (κ1) is 18.6. The molecule has 24 heavy (non-hydrogen) atoms. The summed E-state index contributed by atoms with van der Waals surface area (Å²) in [6.07, 6.45) is -10.6. The van der Waals surface area contributed by atoms with E-state index < -0.39 is 41.7 Å². The minimum absolute atomic E-state index is 0.0698. The van der Waals surface area contributed by atoms with Gasteiger partial charge >= 0.3 is 18.3 Å². The molecule has 0 bridgehead atoms. The van der Waals surface area contributed by atoms with Crippen LogP contribution in [0.5, 0.6) is 0 Å². The maximum atomic E-state index is 12.8. The van der Waals surface area contributed by atoms with E-state index in [0.717, 1.165) is 0 Å². The van der Waals surface area contributed by atoms with E-state index in [1.165, 1.54) is 0 Å². The Balaban J connectivity index is 2.25. The van der Waals surface area contributed by atoms with Crippen LogP contribution >= 0.6 is 0 Å². The average molecular weight is 356 g/mol. The lowest BCUT2D eigenvalue weighted by Crippen LogP contribution is -2.14. The number of aliphatic carboxylic acids is 1. The molecule has 0 spiro atoms. The van der Waals surface area contributed by atoms with E-state index in [-0.39, 0.29) is 30.9 Å². The van der Waals surface area contributed by atoms with Gasteiger partial charge in [-0.3, -0.25) is 4.79 Å². The first-order valence-electron chi connectivity index (χ1n) is 7.13. The Hall–Kier alpha value is -1.77. The molecule has 1 fully saturated rings. The highest BCUT2D eigenvalue weighted by atomic mass is 19.4. The van der Waals surface area contributed by atoms with Crippen molar-refractivity contribution in [3.05, 3.63) is 34.9 Å². The molecule has 1 aromatic carbocycles. The SMILES string of the molecule is O=C(O)CCC1CCC(c2cc(C(F)(F)F)cc(C(F)(F)F)c2)O1. The predicted octanol–water partition coefficient (Wildman–Crippen LogP) is 4.81. The van der Waals surface area contributed by atoms with Crippen LogP contribution in [0.4, 0.5) is 26.3 Å². The molecule has 0 aliphatic carbocycles. The van der Waals surface area contributed by atoms with Crippen LogP contribution in [0.2, 0.25) is 0 Å². The molecule has 0 saturated carbocycles. The summed E-state index contributed by atoms with van der Waals surface area (Å²) in [5, 5.41) is 8.60. The van der Waals surface area contributed by atoms with Crippen LogP contribution in [-0.2, 0) is 21.9 Å². The minimum atomic E-state index is -4.91. The third-order valence-electron chi connectivity index (χ3n) is 3.77. The molecule has 1 heterocycles. The second kappa shape index (κ2) is 6.62. The number of carbonyl (C=O) groups is 1. The van der Waals surface area contributed by atoms with Crippen molar-refractivity contribution in [2.24, 2.45) is 0 Å². The van der Waals surface area contributed by atoms with Gasteiger partial charge in [0.2, 0.25) is 0 Å². The van der Waals surface area contributed by atoms with Gasteiger partial charge in [0.25, 0.3) is 0 Å². The third-order valence-corrected chi connectivity index (χ3v) is 3.77. The number of carboxylic acids is 1. The van der Waals surface area contributed by atoms with Crippen LogP contribution < -0.4 is 0 Å². The molecular weight excluding hydrogens is 342 g/mol. The fraction of sp³-hybridized carbons (Fsp3) is 0.533. The summed E-state index contributed by atoms with van der Waals surface area (Å²) in [4.78, 5) is 10.5. The lowest BCUT2D eigenvalue weighted by atomic mass is 9.99. The lowest BCUT2D eigenvalue weighted by Gasteiger charge is -2.18. The Morgan fingerprint density at radius 3 is 2.04 bits per heavy atom. The normalized spacial score (nSPS) is 21.9. The highest BCUT2D eigenvalue weighted by Gasteiger charge is 2.38. The Labute approximate surface area is 133 Å². The molecule has 0 aromatic heterocycles. The number of halogens is 6. The maximum Gasteiger partial charge on any atom is 0.416 e. The summed E-state index contributed by atoms with van der Waals surface area (Å²) in [7, 11) is 0. The van der Waals surface area contributed by atoms with Gasteiger partial charge in [-0.1, -0.05) is 0 Å². The van der Waals surface area contributed by atoms with Gasteiger partial charge < -0.3 is 9.84 Å². The summed E-state index contributed by atoms with van der Waals surface area (Å²) in [6.45, 7) is 0. The number of carboxylic acid groups (broad SMARTS) is 1. The number of alkyl halides is 6. The van der Waals surface area contributed by atoms with E-state index in [4.69, 9.17) is 9.84 Å². The fourth-order valence-electron chi connectivity index (χ4n) is 2.61. The molecule has 2 unspecified atom stereocenters. The molecule has 2 rings (SSSR count). The van der Waals surface area contributed by atoms with Crippen LogP contribution in [-0.4, -0.2) is 17.2 Å². The van der Waals surface area contributed by atoms with Gasteiger partial charge in [-0.2, -0.15) is 26.3 Å². The Morgan fingerprint density at radius 1 is 1.04 bits per heavy atom. The first-order chi connectivity index (χ1) is 11.0. The van der Waals surface area contributed by atoms with Crippen LogP contribution in [0.3, 0.4) is 0 Å². The molecule has 0 amide bonds. The zero-order chi connectivity index (χ0) is 18.1. The molecular formula is C15H14F6O3. The van der Waals surface area contributed by atoms with Crippen LogP contribution in [0, 0.1) is 0 Å². The van der Waals surface area contributed by atoms with E-state index in [9.17, 15) is 31.1 Å². The van der Waals surface area contributed by atoms with E-state index in [2.05, 4.69) is 0 Å². The third kappa shape index (κ3) is 4.62. The van der Waals surface area contributed by atoms with Gasteiger partial charge in [0.05, 0.1) is 23.3 Å². The number of hydrogen-bond donors (Lipinski definition) is 1.